The molecule has 21 heavy (non-hydrogen) atoms. The maximum Gasteiger partial charge on any atom is 0.202 e. The summed E-state index contributed by atoms with van der Waals surface area (Å²) in [7, 11) is 0. The Labute approximate surface area is 136 Å². The molecule has 0 aliphatic rings. The molecule has 0 amide bonds. The van der Waals surface area contributed by atoms with Crippen LogP contribution in [0.4, 0.5) is 4.39 Å². The zero-order valence-electron chi connectivity index (χ0n) is 10.9. The number of ketones is 1. The van der Waals surface area contributed by atoms with Crippen molar-refractivity contribution in [3.8, 4) is 5.75 Å². The van der Waals surface area contributed by atoms with Crippen LogP contribution < -0.4 is 4.74 Å². The quantitative estimate of drug-likeness (QED) is 0.544. The average molecular weight is 348 g/mol. The Morgan fingerprint density at radius 1 is 1.05 bits per heavy atom. The van der Waals surface area contributed by atoms with E-state index in [-0.39, 0.29) is 21.6 Å². The number of carbonyl (C=O) groups excluding carboxylic acids is 1. The monoisotopic (exact) mass is 346 g/mol. The van der Waals surface area contributed by atoms with Crippen LogP contribution in [0.5, 0.6) is 5.75 Å². The second kappa shape index (κ2) is 6.65. The van der Waals surface area contributed by atoms with Gasteiger partial charge in [0.05, 0.1) is 15.1 Å². The minimum Gasteiger partial charge on any atom is -0.481 e. The Bertz CT molecular complexity index is 671. The summed E-state index contributed by atoms with van der Waals surface area (Å²) in [5, 5.41) is 0.826. The third-order valence-electron chi connectivity index (χ3n) is 2.78. The number of rotatable bonds is 4. The van der Waals surface area contributed by atoms with Crippen molar-refractivity contribution in [3.63, 3.8) is 0 Å². The van der Waals surface area contributed by atoms with Crippen molar-refractivity contribution in [2.45, 2.75) is 13.0 Å². The zero-order valence-corrected chi connectivity index (χ0v) is 13.1. The van der Waals surface area contributed by atoms with Gasteiger partial charge in [-0.3, -0.25) is 4.79 Å². The first-order valence-electron chi connectivity index (χ1n) is 5.99. The molecule has 0 N–H and O–H groups in total. The summed E-state index contributed by atoms with van der Waals surface area (Å²) in [6, 6.07) is 8.11. The summed E-state index contributed by atoms with van der Waals surface area (Å²) in [5.74, 6) is -0.446. The van der Waals surface area contributed by atoms with Gasteiger partial charge in [0, 0.05) is 11.6 Å². The van der Waals surface area contributed by atoms with Crippen LogP contribution in [0.2, 0.25) is 15.1 Å². The molecule has 0 heterocycles. The molecule has 0 spiro atoms. The van der Waals surface area contributed by atoms with Crippen molar-refractivity contribution in [2.75, 3.05) is 0 Å². The predicted octanol–water partition coefficient (Wildman–Crippen LogP) is 5.44. The number of halogens is 4. The molecule has 0 fully saturated rings. The predicted molar refractivity (Wildman–Crippen MR) is 82.3 cm³/mol. The molecule has 2 rings (SSSR count). The second-order valence-electron chi connectivity index (χ2n) is 4.33. The molecule has 2 aromatic rings. The van der Waals surface area contributed by atoms with Gasteiger partial charge in [-0.15, -0.1) is 0 Å². The molecule has 0 aliphatic carbocycles. The zero-order chi connectivity index (χ0) is 15.6. The van der Waals surface area contributed by atoms with E-state index >= 15 is 0 Å². The molecule has 6 heteroatoms. The van der Waals surface area contributed by atoms with Gasteiger partial charge in [-0.05, 0) is 37.3 Å². The van der Waals surface area contributed by atoms with Crippen LogP contribution in [0.1, 0.15) is 17.3 Å². The van der Waals surface area contributed by atoms with E-state index in [9.17, 15) is 9.18 Å². The fourth-order valence-electron chi connectivity index (χ4n) is 1.69. The van der Waals surface area contributed by atoms with Crippen molar-refractivity contribution in [1.82, 2.24) is 0 Å². The van der Waals surface area contributed by atoms with Crippen LogP contribution >= 0.6 is 34.8 Å². The first-order chi connectivity index (χ1) is 9.88. The van der Waals surface area contributed by atoms with Gasteiger partial charge in [0.2, 0.25) is 5.78 Å². The van der Waals surface area contributed by atoms with Gasteiger partial charge in [-0.2, -0.15) is 0 Å². The summed E-state index contributed by atoms with van der Waals surface area (Å²) in [6.45, 7) is 1.57. The average Bonchev–Trinajstić information content (AvgIpc) is 2.44. The molecular formula is C15H10Cl3FO2. The third-order valence-corrected chi connectivity index (χ3v) is 3.79. The standard InChI is InChI=1S/C15H10Cl3FO2/c1-8(15(20)9-2-4-10(19)5-3-9)21-14-7-12(17)11(16)6-13(14)18/h2-8H,1H3. The number of benzene rings is 2. The van der Waals surface area contributed by atoms with Crippen molar-refractivity contribution in [1.29, 1.82) is 0 Å². The van der Waals surface area contributed by atoms with E-state index < -0.39 is 11.9 Å². The minimum atomic E-state index is -0.801. The SMILES string of the molecule is CC(Oc1cc(Cl)c(Cl)cc1Cl)C(=O)c1ccc(F)cc1. The Morgan fingerprint density at radius 3 is 2.24 bits per heavy atom. The van der Waals surface area contributed by atoms with E-state index in [0.717, 1.165) is 0 Å². The molecule has 0 bridgehead atoms. The number of Topliss-reactive ketones (excluding diaryl/α,β-unsaturated/α-hetero) is 1. The molecule has 1 unspecified atom stereocenters. The van der Waals surface area contributed by atoms with Gasteiger partial charge in [0.25, 0.3) is 0 Å². The normalized spacial score (nSPS) is 12.0. The lowest BCUT2D eigenvalue weighted by molar-refractivity contribution is 0.0818. The van der Waals surface area contributed by atoms with E-state index in [4.69, 9.17) is 39.5 Å². The second-order valence-corrected chi connectivity index (χ2v) is 5.55. The summed E-state index contributed by atoms with van der Waals surface area (Å²) in [4.78, 5) is 12.2. The molecule has 2 nitrogen and oxygen atoms in total. The maximum atomic E-state index is 12.8. The highest BCUT2D eigenvalue weighted by atomic mass is 35.5. The molecule has 0 radical (unpaired) electrons. The van der Waals surface area contributed by atoms with E-state index in [1.54, 1.807) is 6.92 Å². The Kier molecular flexibility index (Phi) is 5.09. The number of carbonyl (C=O) groups is 1. The first kappa shape index (κ1) is 16.1. The van der Waals surface area contributed by atoms with Gasteiger partial charge in [0.15, 0.2) is 6.10 Å². The molecular weight excluding hydrogens is 338 g/mol. The highest BCUT2D eigenvalue weighted by Gasteiger charge is 2.19. The largest absolute Gasteiger partial charge is 0.481 e. The van der Waals surface area contributed by atoms with Crippen molar-refractivity contribution < 1.29 is 13.9 Å². The molecule has 0 saturated heterocycles. The van der Waals surface area contributed by atoms with Crippen LogP contribution in [-0.4, -0.2) is 11.9 Å². The van der Waals surface area contributed by atoms with E-state index in [1.807, 2.05) is 0 Å². The lowest BCUT2D eigenvalue weighted by Crippen LogP contribution is -2.24. The van der Waals surface area contributed by atoms with Crippen molar-refractivity contribution in [2.24, 2.45) is 0 Å². The molecule has 0 aromatic heterocycles. The Balaban J connectivity index is 2.18. The first-order valence-corrected chi connectivity index (χ1v) is 7.13. The lowest BCUT2D eigenvalue weighted by Gasteiger charge is -2.15. The van der Waals surface area contributed by atoms with Crippen LogP contribution in [-0.2, 0) is 0 Å². The van der Waals surface area contributed by atoms with Crippen LogP contribution in [0.3, 0.4) is 0 Å². The minimum absolute atomic E-state index is 0.253. The molecule has 1 atom stereocenters. The lowest BCUT2D eigenvalue weighted by atomic mass is 10.1. The van der Waals surface area contributed by atoms with Crippen LogP contribution in [0.25, 0.3) is 0 Å². The van der Waals surface area contributed by atoms with Gasteiger partial charge in [-0.25, -0.2) is 4.39 Å². The van der Waals surface area contributed by atoms with E-state index in [0.29, 0.717) is 10.6 Å². The number of hydrogen-bond donors (Lipinski definition) is 0. The Hall–Kier alpha value is -1.29. The topological polar surface area (TPSA) is 26.3 Å². The third kappa shape index (κ3) is 3.88. The van der Waals surface area contributed by atoms with E-state index in [1.165, 1.54) is 36.4 Å². The fourth-order valence-corrected chi connectivity index (χ4v) is 2.27. The summed E-state index contributed by atoms with van der Waals surface area (Å²) < 4.78 is 18.4. The molecule has 0 saturated carbocycles. The van der Waals surface area contributed by atoms with Crippen molar-refractivity contribution >= 4 is 40.6 Å². The Morgan fingerprint density at radius 2 is 1.62 bits per heavy atom. The maximum absolute atomic E-state index is 12.8. The number of ether oxygens (including phenoxy) is 1. The highest BCUT2D eigenvalue weighted by molar-refractivity contribution is 6.43. The van der Waals surface area contributed by atoms with Gasteiger partial charge in [0.1, 0.15) is 11.6 Å². The summed E-state index contributed by atoms with van der Waals surface area (Å²) in [6.07, 6.45) is -0.801. The van der Waals surface area contributed by atoms with Gasteiger partial charge < -0.3 is 4.74 Å². The smallest absolute Gasteiger partial charge is 0.202 e. The van der Waals surface area contributed by atoms with Gasteiger partial charge in [-0.1, -0.05) is 34.8 Å². The fraction of sp³-hybridized carbons (Fsp3) is 0.133. The van der Waals surface area contributed by atoms with Crippen LogP contribution in [0, 0.1) is 5.82 Å². The molecule has 110 valence electrons. The summed E-state index contributed by atoms with van der Waals surface area (Å²) in [5.41, 5.74) is 0.347. The summed E-state index contributed by atoms with van der Waals surface area (Å²) >= 11 is 17.7. The van der Waals surface area contributed by atoms with E-state index in [2.05, 4.69) is 0 Å². The number of hydrogen-bond acceptors (Lipinski definition) is 2. The van der Waals surface area contributed by atoms with Crippen LogP contribution in [0.15, 0.2) is 36.4 Å². The highest BCUT2D eigenvalue weighted by Crippen LogP contribution is 2.34. The molecule has 2 aromatic carbocycles. The molecule has 0 aliphatic heterocycles. The van der Waals surface area contributed by atoms with Gasteiger partial charge >= 0.3 is 0 Å². The van der Waals surface area contributed by atoms with Crippen molar-refractivity contribution in [3.05, 3.63) is 62.8 Å².